The molecule has 1 aromatic heterocycles. The number of alkyl halides is 3. The predicted molar refractivity (Wildman–Crippen MR) is 79.9 cm³/mol. The van der Waals surface area contributed by atoms with Crippen LogP contribution >= 0.6 is 11.8 Å². The van der Waals surface area contributed by atoms with Crippen LogP contribution in [0.25, 0.3) is 0 Å². The molecule has 1 atom stereocenters. The highest BCUT2D eigenvalue weighted by molar-refractivity contribution is 7.99. The third-order valence-electron chi connectivity index (χ3n) is 3.78. The molecule has 0 saturated heterocycles. The van der Waals surface area contributed by atoms with Gasteiger partial charge in [-0.25, -0.2) is 0 Å². The van der Waals surface area contributed by atoms with E-state index in [0.717, 1.165) is 30.5 Å². The van der Waals surface area contributed by atoms with E-state index in [-0.39, 0.29) is 11.9 Å². The zero-order valence-corrected chi connectivity index (χ0v) is 13.2. The van der Waals surface area contributed by atoms with E-state index >= 15 is 0 Å². The molecule has 1 unspecified atom stereocenters. The van der Waals surface area contributed by atoms with Crippen molar-refractivity contribution in [2.75, 3.05) is 0 Å². The van der Waals surface area contributed by atoms with Gasteiger partial charge in [-0.2, -0.15) is 13.2 Å². The molecule has 4 nitrogen and oxygen atoms in total. The monoisotopic (exact) mass is 343 g/mol. The first-order valence-electron chi connectivity index (χ1n) is 7.28. The van der Waals surface area contributed by atoms with Gasteiger partial charge in [0.1, 0.15) is 6.61 Å². The molecule has 1 saturated carbocycles. The summed E-state index contributed by atoms with van der Waals surface area (Å²) in [6.07, 6.45) is -2.25. The normalized spacial score (nSPS) is 16.6. The number of benzene rings is 1. The van der Waals surface area contributed by atoms with Crippen LogP contribution in [-0.2, 0) is 12.8 Å². The van der Waals surface area contributed by atoms with Crippen molar-refractivity contribution in [3.63, 3.8) is 0 Å². The highest BCUT2D eigenvalue weighted by atomic mass is 32.2. The van der Waals surface area contributed by atoms with Gasteiger partial charge in [0.05, 0.1) is 5.56 Å². The standard InChI is InChI=1S/C15H16F3N3OS/c1-9(10-2-4-11(5-3-10)15(16,17)18)23-14-20-19-13(8-22)21(14)12-6-7-12/h2-5,9,12,22H,6-8H2,1H3. The van der Waals surface area contributed by atoms with Gasteiger partial charge >= 0.3 is 6.18 Å². The Kier molecular flexibility index (Phi) is 4.37. The summed E-state index contributed by atoms with van der Waals surface area (Å²) in [5.41, 5.74) is 0.140. The zero-order valence-electron chi connectivity index (χ0n) is 12.4. The van der Waals surface area contributed by atoms with Gasteiger partial charge in [-0.1, -0.05) is 23.9 Å². The summed E-state index contributed by atoms with van der Waals surface area (Å²) in [5, 5.41) is 18.0. The zero-order chi connectivity index (χ0) is 16.6. The molecule has 23 heavy (non-hydrogen) atoms. The minimum absolute atomic E-state index is 0.0643. The molecule has 1 N–H and O–H groups in total. The lowest BCUT2D eigenvalue weighted by atomic mass is 10.1. The average molecular weight is 343 g/mol. The molecule has 2 aromatic rings. The molecule has 0 aliphatic heterocycles. The van der Waals surface area contributed by atoms with Crippen molar-refractivity contribution in [3.05, 3.63) is 41.2 Å². The molecule has 0 amide bonds. The molecule has 1 aliphatic carbocycles. The highest BCUT2D eigenvalue weighted by Gasteiger charge is 2.31. The predicted octanol–water partition coefficient (Wildman–Crippen LogP) is 3.98. The molecule has 1 aliphatic rings. The molecule has 1 heterocycles. The summed E-state index contributed by atoms with van der Waals surface area (Å²) in [4.78, 5) is 0. The van der Waals surface area contributed by atoms with E-state index in [1.807, 2.05) is 11.5 Å². The third-order valence-corrected chi connectivity index (χ3v) is 4.89. The molecule has 1 aromatic carbocycles. The van der Waals surface area contributed by atoms with Crippen molar-refractivity contribution in [1.82, 2.24) is 14.8 Å². The van der Waals surface area contributed by atoms with Crippen molar-refractivity contribution in [2.24, 2.45) is 0 Å². The lowest BCUT2D eigenvalue weighted by Gasteiger charge is -2.14. The van der Waals surface area contributed by atoms with Crippen LogP contribution in [0.4, 0.5) is 13.2 Å². The summed E-state index contributed by atoms with van der Waals surface area (Å²) >= 11 is 1.44. The second-order valence-electron chi connectivity index (χ2n) is 5.54. The molecule has 8 heteroatoms. The van der Waals surface area contributed by atoms with Crippen LogP contribution in [-0.4, -0.2) is 19.9 Å². The Morgan fingerprint density at radius 1 is 1.26 bits per heavy atom. The van der Waals surface area contributed by atoms with Gasteiger partial charge in [-0.05, 0) is 37.5 Å². The largest absolute Gasteiger partial charge is 0.416 e. The molecule has 3 rings (SSSR count). The quantitative estimate of drug-likeness (QED) is 0.835. The summed E-state index contributed by atoms with van der Waals surface area (Å²) in [6, 6.07) is 5.50. The Morgan fingerprint density at radius 2 is 1.91 bits per heavy atom. The van der Waals surface area contributed by atoms with Gasteiger partial charge in [-0.15, -0.1) is 10.2 Å². The smallest absolute Gasteiger partial charge is 0.388 e. The SMILES string of the molecule is CC(Sc1nnc(CO)n1C1CC1)c1ccc(C(F)(F)F)cc1. The Morgan fingerprint density at radius 3 is 2.43 bits per heavy atom. The van der Waals surface area contributed by atoms with E-state index in [0.29, 0.717) is 17.0 Å². The maximum absolute atomic E-state index is 12.6. The van der Waals surface area contributed by atoms with Crippen molar-refractivity contribution >= 4 is 11.8 Å². The van der Waals surface area contributed by atoms with E-state index in [9.17, 15) is 18.3 Å². The number of nitrogens with zero attached hydrogens (tertiary/aromatic N) is 3. The molecule has 0 radical (unpaired) electrons. The van der Waals surface area contributed by atoms with Gasteiger partial charge in [-0.3, -0.25) is 0 Å². The van der Waals surface area contributed by atoms with E-state index in [1.54, 1.807) is 0 Å². The van der Waals surface area contributed by atoms with Crippen LogP contribution in [0.1, 0.15) is 48.0 Å². The van der Waals surface area contributed by atoms with Crippen LogP contribution < -0.4 is 0 Å². The van der Waals surface area contributed by atoms with E-state index in [1.165, 1.54) is 23.9 Å². The average Bonchev–Trinajstić information content (AvgIpc) is 3.27. The third kappa shape index (κ3) is 3.53. The maximum atomic E-state index is 12.6. The maximum Gasteiger partial charge on any atom is 0.416 e. The van der Waals surface area contributed by atoms with Gasteiger partial charge < -0.3 is 9.67 Å². The summed E-state index contributed by atoms with van der Waals surface area (Å²) in [7, 11) is 0. The number of rotatable bonds is 5. The topological polar surface area (TPSA) is 50.9 Å². The summed E-state index contributed by atoms with van der Waals surface area (Å²) in [5.74, 6) is 0.537. The first-order chi connectivity index (χ1) is 10.9. The molecule has 124 valence electrons. The number of hydrogen-bond acceptors (Lipinski definition) is 4. The molecule has 0 bridgehead atoms. The summed E-state index contributed by atoms with van der Waals surface area (Å²) in [6.45, 7) is 1.75. The van der Waals surface area contributed by atoms with E-state index in [2.05, 4.69) is 10.2 Å². The summed E-state index contributed by atoms with van der Waals surface area (Å²) < 4.78 is 39.8. The Hall–Kier alpha value is -1.54. The van der Waals surface area contributed by atoms with Gasteiger partial charge in [0, 0.05) is 11.3 Å². The van der Waals surface area contributed by atoms with E-state index < -0.39 is 11.7 Å². The number of thioether (sulfide) groups is 1. The second-order valence-corrected chi connectivity index (χ2v) is 6.85. The van der Waals surface area contributed by atoms with E-state index in [4.69, 9.17) is 0 Å². The molecule has 0 spiro atoms. The van der Waals surface area contributed by atoms with Crippen LogP contribution in [0.2, 0.25) is 0 Å². The fourth-order valence-electron chi connectivity index (χ4n) is 2.36. The van der Waals surface area contributed by atoms with Crippen LogP contribution in [0.3, 0.4) is 0 Å². The van der Waals surface area contributed by atoms with Crippen LogP contribution in [0.15, 0.2) is 29.4 Å². The number of aliphatic hydroxyl groups is 1. The number of halogens is 3. The molecular formula is C15H16F3N3OS. The Labute approximate surface area is 135 Å². The lowest BCUT2D eigenvalue weighted by molar-refractivity contribution is -0.137. The molecule has 1 fully saturated rings. The lowest BCUT2D eigenvalue weighted by Crippen LogP contribution is -2.05. The van der Waals surface area contributed by atoms with Gasteiger partial charge in [0.2, 0.25) is 0 Å². The fourth-order valence-corrected chi connectivity index (χ4v) is 3.43. The minimum atomic E-state index is -4.32. The number of hydrogen-bond donors (Lipinski definition) is 1. The fraction of sp³-hybridized carbons (Fsp3) is 0.467. The first-order valence-corrected chi connectivity index (χ1v) is 8.16. The Bertz CT molecular complexity index is 680. The van der Waals surface area contributed by atoms with Crippen LogP contribution in [0.5, 0.6) is 0 Å². The van der Waals surface area contributed by atoms with Gasteiger partial charge in [0.15, 0.2) is 11.0 Å². The highest BCUT2D eigenvalue weighted by Crippen LogP contribution is 2.42. The first kappa shape index (κ1) is 16.3. The van der Waals surface area contributed by atoms with Crippen molar-refractivity contribution in [2.45, 2.75) is 49.0 Å². The second kappa shape index (κ2) is 6.16. The number of aromatic nitrogens is 3. The number of aliphatic hydroxyl groups excluding tert-OH is 1. The van der Waals surface area contributed by atoms with Crippen molar-refractivity contribution < 1.29 is 18.3 Å². The van der Waals surface area contributed by atoms with Crippen molar-refractivity contribution in [1.29, 1.82) is 0 Å². The van der Waals surface area contributed by atoms with Gasteiger partial charge in [0.25, 0.3) is 0 Å². The Balaban J connectivity index is 1.77. The molecular weight excluding hydrogens is 327 g/mol. The van der Waals surface area contributed by atoms with Crippen molar-refractivity contribution in [3.8, 4) is 0 Å². The minimum Gasteiger partial charge on any atom is -0.388 e. The van der Waals surface area contributed by atoms with Crippen LogP contribution in [0, 0.1) is 0 Å².